The van der Waals surface area contributed by atoms with E-state index in [1.807, 2.05) is 0 Å². The Morgan fingerprint density at radius 1 is 1.24 bits per heavy atom. The van der Waals surface area contributed by atoms with E-state index in [0.29, 0.717) is 49.0 Å². The Bertz CT molecular complexity index is 1150. The average Bonchev–Trinajstić information content (AvgIpc) is 3.39. The maximum Gasteiger partial charge on any atom is 0.273 e. The van der Waals surface area contributed by atoms with Gasteiger partial charge in [-0.15, -0.1) is 10.2 Å². The van der Waals surface area contributed by atoms with Crippen LogP contribution >= 0.6 is 0 Å². The second-order valence-corrected chi connectivity index (χ2v) is 15.1. The molecule has 1 N–H and O–H groups in total. The lowest BCUT2D eigenvalue weighted by molar-refractivity contribution is 0.0893. The second kappa shape index (κ2) is 9.42. The average molecular weight is 487 g/mol. The molecule has 0 unspecified atom stereocenters. The zero-order valence-electron chi connectivity index (χ0n) is 20.2. The van der Waals surface area contributed by atoms with Crippen LogP contribution in [0.1, 0.15) is 61.8 Å². The largest absolute Gasteiger partial charge is 0.425 e. The SMILES string of the molecule is CC(C)(C)[Si](C)(C)OCCc1nnc([C@H]2C[C@H](NC(=O)c3cc(-c4cccc(F)c4)on3)C2)o1. The molecular weight excluding hydrogens is 455 g/mol. The lowest BCUT2D eigenvalue weighted by atomic mass is 9.80. The summed E-state index contributed by atoms with van der Waals surface area (Å²) in [5.74, 6) is 0.924. The number of carbonyl (C=O) groups is 1. The predicted molar refractivity (Wildman–Crippen MR) is 126 cm³/mol. The number of aromatic nitrogens is 3. The Balaban J connectivity index is 1.24. The number of amides is 1. The molecule has 0 saturated heterocycles. The highest BCUT2D eigenvalue weighted by atomic mass is 28.4. The van der Waals surface area contributed by atoms with Gasteiger partial charge < -0.3 is 18.7 Å². The monoisotopic (exact) mass is 486 g/mol. The first-order valence-electron chi connectivity index (χ1n) is 11.5. The number of carbonyl (C=O) groups excluding carboxylic acids is 1. The zero-order chi connectivity index (χ0) is 24.5. The Morgan fingerprint density at radius 3 is 2.71 bits per heavy atom. The van der Waals surface area contributed by atoms with Crippen molar-refractivity contribution in [2.24, 2.45) is 0 Å². The Morgan fingerprint density at radius 2 is 2.00 bits per heavy atom. The van der Waals surface area contributed by atoms with Crippen LogP contribution in [0.5, 0.6) is 0 Å². The van der Waals surface area contributed by atoms with Gasteiger partial charge in [-0.1, -0.05) is 38.1 Å². The standard InChI is InChI=1S/C24H31FN4O4Si/c1-24(2,3)34(4,5)31-10-9-21-27-28-23(32-21)16-12-18(13-16)26-22(30)19-14-20(33-29-19)15-7-6-8-17(25)11-15/h6-8,11,14,16,18H,9-10,12-13H2,1-5H3,(H,26,30)/t16-,18-. The molecule has 0 aliphatic heterocycles. The highest BCUT2D eigenvalue weighted by molar-refractivity contribution is 6.74. The number of hydrogen-bond donors (Lipinski definition) is 1. The van der Waals surface area contributed by atoms with Crippen LogP contribution in [0.2, 0.25) is 18.1 Å². The second-order valence-electron chi connectivity index (χ2n) is 10.3. The van der Waals surface area contributed by atoms with Crippen LogP contribution in [0.15, 0.2) is 39.3 Å². The topological polar surface area (TPSA) is 103 Å². The molecule has 4 rings (SSSR count). The third kappa shape index (κ3) is 5.44. The van der Waals surface area contributed by atoms with Crippen LogP contribution in [0.3, 0.4) is 0 Å². The molecule has 0 radical (unpaired) electrons. The number of rotatable bonds is 8. The maximum absolute atomic E-state index is 13.4. The van der Waals surface area contributed by atoms with Gasteiger partial charge >= 0.3 is 0 Å². The van der Waals surface area contributed by atoms with Gasteiger partial charge in [0, 0.05) is 36.6 Å². The van der Waals surface area contributed by atoms with Crippen molar-refractivity contribution in [3.8, 4) is 11.3 Å². The quantitative estimate of drug-likeness (QED) is 0.442. The van der Waals surface area contributed by atoms with E-state index in [4.69, 9.17) is 13.4 Å². The molecule has 8 nitrogen and oxygen atoms in total. The molecule has 2 heterocycles. The van der Waals surface area contributed by atoms with Gasteiger partial charge in [0.05, 0.1) is 0 Å². The molecule has 2 aromatic heterocycles. The molecule has 1 aliphatic carbocycles. The highest BCUT2D eigenvalue weighted by Crippen LogP contribution is 2.37. The number of nitrogens with one attached hydrogen (secondary N) is 1. The smallest absolute Gasteiger partial charge is 0.273 e. The molecule has 34 heavy (non-hydrogen) atoms. The summed E-state index contributed by atoms with van der Waals surface area (Å²) >= 11 is 0. The van der Waals surface area contributed by atoms with Crippen molar-refractivity contribution in [1.29, 1.82) is 0 Å². The molecule has 3 aromatic rings. The summed E-state index contributed by atoms with van der Waals surface area (Å²) in [7, 11) is -1.80. The van der Waals surface area contributed by atoms with Crippen molar-refractivity contribution in [2.75, 3.05) is 6.61 Å². The maximum atomic E-state index is 13.4. The molecule has 1 aromatic carbocycles. The Hall–Kier alpha value is -2.85. The summed E-state index contributed by atoms with van der Waals surface area (Å²) < 4.78 is 30.6. The number of benzene rings is 1. The van der Waals surface area contributed by atoms with E-state index in [2.05, 4.69) is 54.5 Å². The molecule has 1 amide bonds. The van der Waals surface area contributed by atoms with Crippen LogP contribution in [0, 0.1) is 5.82 Å². The number of halogens is 1. The fraction of sp³-hybridized carbons (Fsp3) is 0.500. The summed E-state index contributed by atoms with van der Waals surface area (Å²) in [6, 6.07) is 7.44. The van der Waals surface area contributed by atoms with E-state index < -0.39 is 8.32 Å². The predicted octanol–water partition coefficient (Wildman–Crippen LogP) is 5.10. The molecular formula is C24H31FN4O4Si. The van der Waals surface area contributed by atoms with Gasteiger partial charge in [-0.2, -0.15) is 0 Å². The minimum Gasteiger partial charge on any atom is -0.425 e. The van der Waals surface area contributed by atoms with Crippen LogP contribution in [0.25, 0.3) is 11.3 Å². The first-order chi connectivity index (χ1) is 16.0. The van der Waals surface area contributed by atoms with Gasteiger partial charge in [-0.25, -0.2) is 4.39 Å². The lowest BCUT2D eigenvalue weighted by Gasteiger charge is -2.36. The van der Waals surface area contributed by atoms with Crippen molar-refractivity contribution in [2.45, 2.75) is 70.1 Å². The third-order valence-corrected chi connectivity index (χ3v) is 11.3. The molecule has 0 bridgehead atoms. The van der Waals surface area contributed by atoms with Crippen LogP contribution in [-0.2, 0) is 10.8 Å². The highest BCUT2D eigenvalue weighted by Gasteiger charge is 2.38. The lowest BCUT2D eigenvalue weighted by Crippen LogP contribution is -2.43. The van der Waals surface area contributed by atoms with Gasteiger partial charge in [0.15, 0.2) is 19.8 Å². The summed E-state index contributed by atoms with van der Waals surface area (Å²) in [6.45, 7) is 11.6. The van der Waals surface area contributed by atoms with Crippen LogP contribution < -0.4 is 5.32 Å². The number of hydrogen-bond acceptors (Lipinski definition) is 7. The van der Waals surface area contributed by atoms with Crippen molar-refractivity contribution >= 4 is 14.2 Å². The van der Waals surface area contributed by atoms with Crippen LogP contribution in [-0.4, -0.2) is 42.2 Å². The van der Waals surface area contributed by atoms with Crippen LogP contribution in [0.4, 0.5) is 4.39 Å². The molecule has 0 spiro atoms. The molecule has 1 saturated carbocycles. The normalized spacial score (nSPS) is 18.5. The third-order valence-electron chi connectivity index (χ3n) is 6.74. The first kappa shape index (κ1) is 24.3. The molecule has 182 valence electrons. The molecule has 10 heteroatoms. The van der Waals surface area contributed by atoms with E-state index in [9.17, 15) is 9.18 Å². The Kier molecular flexibility index (Phi) is 6.72. The fourth-order valence-electron chi connectivity index (χ4n) is 3.50. The van der Waals surface area contributed by atoms with E-state index in [1.165, 1.54) is 18.2 Å². The van der Waals surface area contributed by atoms with Gasteiger partial charge in [0.1, 0.15) is 5.82 Å². The first-order valence-corrected chi connectivity index (χ1v) is 14.4. The van der Waals surface area contributed by atoms with Crippen molar-refractivity contribution in [3.63, 3.8) is 0 Å². The minimum atomic E-state index is -1.80. The summed E-state index contributed by atoms with van der Waals surface area (Å²) in [6.07, 6.45) is 2.01. The van der Waals surface area contributed by atoms with Crippen molar-refractivity contribution < 1.29 is 22.6 Å². The van der Waals surface area contributed by atoms with Gasteiger partial charge in [0.25, 0.3) is 5.91 Å². The van der Waals surface area contributed by atoms with Gasteiger partial charge in [0.2, 0.25) is 11.8 Å². The van der Waals surface area contributed by atoms with E-state index in [1.54, 1.807) is 12.1 Å². The fourth-order valence-corrected chi connectivity index (χ4v) is 4.54. The summed E-state index contributed by atoms with van der Waals surface area (Å²) in [4.78, 5) is 12.5. The van der Waals surface area contributed by atoms with Crippen molar-refractivity contribution in [3.05, 3.63) is 53.6 Å². The molecule has 1 aliphatic rings. The Labute approximate surface area is 199 Å². The van der Waals surface area contributed by atoms with E-state index >= 15 is 0 Å². The molecule has 0 atom stereocenters. The van der Waals surface area contributed by atoms with Gasteiger partial charge in [-0.3, -0.25) is 4.79 Å². The van der Waals surface area contributed by atoms with Gasteiger partial charge in [-0.05, 0) is 43.1 Å². The summed E-state index contributed by atoms with van der Waals surface area (Å²) in [5.41, 5.74) is 0.682. The zero-order valence-corrected chi connectivity index (χ0v) is 21.2. The van der Waals surface area contributed by atoms with E-state index in [0.717, 1.165) is 0 Å². The molecule has 1 fully saturated rings. The van der Waals surface area contributed by atoms with Crippen molar-refractivity contribution in [1.82, 2.24) is 20.7 Å². The minimum absolute atomic E-state index is 0.0101. The van der Waals surface area contributed by atoms with E-state index in [-0.39, 0.29) is 34.4 Å². The number of nitrogens with zero attached hydrogens (tertiary/aromatic N) is 3. The summed E-state index contributed by atoms with van der Waals surface area (Å²) in [5, 5.41) is 15.3.